The average Bonchev–Trinajstić information content (AvgIpc) is 3.44. The summed E-state index contributed by atoms with van der Waals surface area (Å²) in [5, 5.41) is 0. The van der Waals surface area contributed by atoms with Crippen molar-refractivity contribution in [3.05, 3.63) is 48.5 Å². The average molecular weight is 412 g/mol. The Kier molecular flexibility index (Phi) is 6.16. The van der Waals surface area contributed by atoms with Crippen LogP contribution in [-0.4, -0.2) is 68.4 Å². The first-order chi connectivity index (χ1) is 14.6. The van der Waals surface area contributed by atoms with Gasteiger partial charge in [-0.15, -0.1) is 0 Å². The number of amides is 2. The molecule has 2 aromatic rings. The molecule has 0 spiro atoms. The van der Waals surface area contributed by atoms with Gasteiger partial charge < -0.3 is 28.7 Å². The van der Waals surface area contributed by atoms with Crippen LogP contribution in [0.5, 0.6) is 23.0 Å². The molecular weight excluding hydrogens is 384 g/mol. The Morgan fingerprint density at radius 2 is 1.07 bits per heavy atom. The van der Waals surface area contributed by atoms with Crippen LogP contribution in [0, 0.1) is 0 Å². The van der Waals surface area contributed by atoms with Gasteiger partial charge in [0.2, 0.25) is 0 Å². The summed E-state index contributed by atoms with van der Waals surface area (Å²) in [6.45, 7) is 2.62. The lowest BCUT2D eigenvalue weighted by atomic mass is 10.3. The summed E-state index contributed by atoms with van der Waals surface area (Å²) in [5.74, 6) is 3.19. The summed E-state index contributed by atoms with van der Waals surface area (Å²) in [6.07, 6.45) is 1.68. The topological polar surface area (TPSA) is 60.5 Å². The van der Waals surface area contributed by atoms with E-state index in [-0.39, 0.29) is 18.2 Å². The van der Waals surface area contributed by atoms with Crippen LogP contribution in [0.3, 0.4) is 0 Å². The van der Waals surface area contributed by atoms with Crippen molar-refractivity contribution in [3.8, 4) is 23.0 Å². The van der Waals surface area contributed by atoms with Crippen molar-refractivity contribution in [2.45, 2.75) is 25.0 Å². The summed E-state index contributed by atoms with van der Waals surface area (Å²) in [4.78, 5) is 16.7. The predicted octanol–water partition coefficient (Wildman–Crippen LogP) is 3.43. The summed E-state index contributed by atoms with van der Waals surface area (Å²) in [6, 6.07) is 15.1. The third kappa shape index (κ3) is 4.72. The molecule has 2 saturated heterocycles. The summed E-state index contributed by atoms with van der Waals surface area (Å²) in [5.41, 5.74) is 0. The summed E-state index contributed by atoms with van der Waals surface area (Å²) >= 11 is 0. The minimum absolute atomic E-state index is 0.0105. The zero-order valence-electron chi connectivity index (χ0n) is 17.5. The molecule has 7 heteroatoms. The van der Waals surface area contributed by atoms with Gasteiger partial charge in [0.1, 0.15) is 35.2 Å². The zero-order valence-corrected chi connectivity index (χ0v) is 17.5. The van der Waals surface area contributed by atoms with E-state index in [0.29, 0.717) is 26.2 Å². The molecular formula is C23H28N2O5. The van der Waals surface area contributed by atoms with Gasteiger partial charge in [-0.05, 0) is 48.5 Å². The van der Waals surface area contributed by atoms with Crippen molar-refractivity contribution in [2.75, 3.05) is 40.4 Å². The molecule has 2 unspecified atom stereocenters. The van der Waals surface area contributed by atoms with Gasteiger partial charge in [-0.3, -0.25) is 0 Å². The van der Waals surface area contributed by atoms with Crippen LogP contribution in [0.1, 0.15) is 12.8 Å². The number of hydrogen-bond donors (Lipinski definition) is 0. The Balaban J connectivity index is 1.25. The molecule has 0 aromatic heterocycles. The van der Waals surface area contributed by atoms with E-state index in [1.54, 1.807) is 14.2 Å². The second-order valence-corrected chi connectivity index (χ2v) is 7.58. The third-order valence-corrected chi connectivity index (χ3v) is 5.56. The van der Waals surface area contributed by atoms with Crippen molar-refractivity contribution < 1.29 is 23.7 Å². The minimum Gasteiger partial charge on any atom is -0.497 e. The van der Waals surface area contributed by atoms with E-state index in [1.165, 1.54) is 0 Å². The SMILES string of the molecule is COc1ccc(OC2CCN(C(=O)N3CCC(Oc4ccc(OC)cc4)C3)C2)cc1. The number of urea groups is 1. The molecule has 2 aliphatic rings. The van der Waals surface area contributed by atoms with E-state index in [9.17, 15) is 4.79 Å². The number of methoxy groups -OCH3 is 2. The Labute approximate surface area is 177 Å². The molecule has 0 N–H and O–H groups in total. The van der Waals surface area contributed by atoms with Gasteiger partial charge in [-0.25, -0.2) is 4.79 Å². The fraction of sp³-hybridized carbons (Fsp3) is 0.435. The molecule has 0 bridgehead atoms. The summed E-state index contributed by atoms with van der Waals surface area (Å²) in [7, 11) is 3.28. The van der Waals surface area contributed by atoms with Gasteiger partial charge in [0.05, 0.1) is 27.3 Å². The lowest BCUT2D eigenvalue weighted by Gasteiger charge is -2.24. The van der Waals surface area contributed by atoms with Gasteiger partial charge in [-0.1, -0.05) is 0 Å². The lowest BCUT2D eigenvalue weighted by molar-refractivity contribution is 0.152. The molecule has 7 nitrogen and oxygen atoms in total. The van der Waals surface area contributed by atoms with Crippen LogP contribution >= 0.6 is 0 Å². The van der Waals surface area contributed by atoms with Crippen LogP contribution < -0.4 is 18.9 Å². The molecule has 4 rings (SSSR count). The van der Waals surface area contributed by atoms with Crippen molar-refractivity contribution in [1.29, 1.82) is 0 Å². The highest BCUT2D eigenvalue weighted by atomic mass is 16.5. The van der Waals surface area contributed by atoms with Crippen molar-refractivity contribution >= 4 is 6.03 Å². The molecule has 2 heterocycles. The molecule has 2 aliphatic heterocycles. The van der Waals surface area contributed by atoms with E-state index >= 15 is 0 Å². The second kappa shape index (κ2) is 9.15. The number of carbonyl (C=O) groups is 1. The Hall–Kier alpha value is -3.09. The number of benzene rings is 2. The molecule has 2 fully saturated rings. The molecule has 2 atom stereocenters. The number of hydrogen-bond acceptors (Lipinski definition) is 5. The zero-order chi connectivity index (χ0) is 20.9. The second-order valence-electron chi connectivity index (χ2n) is 7.58. The van der Waals surface area contributed by atoms with Gasteiger partial charge in [0.15, 0.2) is 0 Å². The first-order valence-corrected chi connectivity index (χ1v) is 10.3. The molecule has 2 aromatic carbocycles. The predicted molar refractivity (Wildman–Crippen MR) is 113 cm³/mol. The highest BCUT2D eigenvalue weighted by Gasteiger charge is 2.34. The molecule has 2 amide bonds. The van der Waals surface area contributed by atoms with Gasteiger partial charge in [-0.2, -0.15) is 0 Å². The van der Waals surface area contributed by atoms with E-state index in [2.05, 4.69) is 0 Å². The van der Waals surface area contributed by atoms with Gasteiger partial charge in [0.25, 0.3) is 0 Å². The highest BCUT2D eigenvalue weighted by Crippen LogP contribution is 2.25. The Morgan fingerprint density at radius 3 is 1.43 bits per heavy atom. The fourth-order valence-electron chi connectivity index (χ4n) is 3.89. The Morgan fingerprint density at radius 1 is 0.700 bits per heavy atom. The van der Waals surface area contributed by atoms with Crippen LogP contribution in [-0.2, 0) is 0 Å². The first kappa shape index (κ1) is 20.2. The number of carbonyl (C=O) groups excluding carboxylic acids is 1. The smallest absolute Gasteiger partial charge is 0.320 e. The molecule has 0 radical (unpaired) electrons. The van der Waals surface area contributed by atoms with Crippen LogP contribution in [0.4, 0.5) is 4.79 Å². The van der Waals surface area contributed by atoms with E-state index in [0.717, 1.165) is 35.8 Å². The van der Waals surface area contributed by atoms with Gasteiger partial charge >= 0.3 is 6.03 Å². The number of likely N-dealkylation sites (tertiary alicyclic amines) is 2. The quantitative estimate of drug-likeness (QED) is 0.728. The molecule has 0 saturated carbocycles. The maximum atomic E-state index is 12.9. The van der Waals surface area contributed by atoms with Crippen LogP contribution in [0.15, 0.2) is 48.5 Å². The summed E-state index contributed by atoms with van der Waals surface area (Å²) < 4.78 is 22.4. The first-order valence-electron chi connectivity index (χ1n) is 10.3. The molecule has 0 aliphatic carbocycles. The van der Waals surface area contributed by atoms with Crippen LogP contribution in [0.25, 0.3) is 0 Å². The normalized spacial score (nSPS) is 20.9. The standard InChI is InChI=1S/C23H28N2O5/c1-27-17-3-7-19(8-4-17)29-21-11-13-24(15-21)23(26)25-14-12-22(16-25)30-20-9-5-18(28-2)6-10-20/h3-10,21-22H,11-16H2,1-2H3. The maximum absolute atomic E-state index is 12.9. The molecule has 30 heavy (non-hydrogen) atoms. The maximum Gasteiger partial charge on any atom is 0.320 e. The largest absolute Gasteiger partial charge is 0.497 e. The van der Waals surface area contributed by atoms with Crippen molar-refractivity contribution in [2.24, 2.45) is 0 Å². The lowest BCUT2D eigenvalue weighted by Crippen LogP contribution is -2.42. The van der Waals surface area contributed by atoms with E-state index in [1.807, 2.05) is 58.3 Å². The minimum atomic E-state index is 0.0105. The number of rotatable bonds is 6. The third-order valence-electron chi connectivity index (χ3n) is 5.56. The highest BCUT2D eigenvalue weighted by molar-refractivity contribution is 5.75. The van der Waals surface area contributed by atoms with E-state index < -0.39 is 0 Å². The molecule has 160 valence electrons. The number of nitrogens with zero attached hydrogens (tertiary/aromatic N) is 2. The number of ether oxygens (including phenoxy) is 4. The fourth-order valence-corrected chi connectivity index (χ4v) is 3.89. The van der Waals surface area contributed by atoms with Gasteiger partial charge in [0, 0.05) is 25.9 Å². The van der Waals surface area contributed by atoms with Crippen molar-refractivity contribution in [1.82, 2.24) is 9.80 Å². The van der Waals surface area contributed by atoms with Crippen LogP contribution in [0.2, 0.25) is 0 Å². The van der Waals surface area contributed by atoms with Crippen molar-refractivity contribution in [3.63, 3.8) is 0 Å². The monoisotopic (exact) mass is 412 g/mol. The van der Waals surface area contributed by atoms with E-state index in [4.69, 9.17) is 18.9 Å². The Bertz CT molecular complexity index is 770.